The highest BCUT2D eigenvalue weighted by atomic mass is 19.4. The number of alkyl halides is 3. The molecule has 84 valence electrons. The molecular formula is C9H16F3NO. The average Bonchev–Trinajstić information content (AvgIpc) is 2.47. The van der Waals surface area contributed by atoms with Gasteiger partial charge in [-0.25, -0.2) is 0 Å². The molecule has 0 amide bonds. The Labute approximate surface area is 81.5 Å². The zero-order valence-electron chi connectivity index (χ0n) is 8.19. The molecule has 1 saturated carbocycles. The third-order valence-corrected chi connectivity index (χ3v) is 2.81. The summed E-state index contributed by atoms with van der Waals surface area (Å²) >= 11 is 0. The predicted molar refractivity (Wildman–Crippen MR) is 46.9 cm³/mol. The Balaban J connectivity index is 2.33. The van der Waals surface area contributed by atoms with Crippen molar-refractivity contribution in [1.29, 1.82) is 0 Å². The zero-order chi connectivity index (χ0) is 10.8. The van der Waals surface area contributed by atoms with Crippen LogP contribution in [-0.2, 0) is 0 Å². The fraction of sp³-hybridized carbons (Fsp3) is 1.00. The molecule has 14 heavy (non-hydrogen) atoms. The molecule has 5 heteroatoms. The van der Waals surface area contributed by atoms with Gasteiger partial charge < -0.3 is 10.4 Å². The second-order valence-corrected chi connectivity index (χ2v) is 4.21. The number of hydrogen-bond acceptors (Lipinski definition) is 2. The lowest BCUT2D eigenvalue weighted by Crippen LogP contribution is -2.47. The van der Waals surface area contributed by atoms with Crippen LogP contribution in [0.4, 0.5) is 13.2 Å². The first-order valence-electron chi connectivity index (χ1n) is 4.83. The number of halogens is 3. The van der Waals surface area contributed by atoms with Gasteiger partial charge in [-0.3, -0.25) is 0 Å². The molecule has 2 N–H and O–H groups in total. The monoisotopic (exact) mass is 211 g/mol. The Morgan fingerprint density at radius 2 is 1.86 bits per heavy atom. The van der Waals surface area contributed by atoms with Crippen LogP contribution < -0.4 is 5.32 Å². The van der Waals surface area contributed by atoms with Crippen LogP contribution in [0.25, 0.3) is 0 Å². The van der Waals surface area contributed by atoms with Gasteiger partial charge in [-0.2, -0.15) is 13.2 Å². The number of nitrogens with one attached hydrogen (secondary N) is 1. The van der Waals surface area contributed by atoms with Crippen molar-refractivity contribution in [2.75, 3.05) is 6.54 Å². The summed E-state index contributed by atoms with van der Waals surface area (Å²) in [5.41, 5.74) is -0.216. The van der Waals surface area contributed by atoms with Gasteiger partial charge in [0.2, 0.25) is 0 Å². The van der Waals surface area contributed by atoms with Crippen molar-refractivity contribution in [3.05, 3.63) is 0 Å². The molecule has 1 unspecified atom stereocenters. The first-order valence-corrected chi connectivity index (χ1v) is 4.83. The van der Waals surface area contributed by atoms with Gasteiger partial charge in [0.1, 0.15) is 0 Å². The largest absolute Gasteiger partial charge is 0.415 e. The standard InChI is InChI=1S/C9H16F3NO/c1-8(4-2-3-5-8)13-6-7(14)9(10,11)12/h7,13-14H,2-6H2,1H3. The quantitative estimate of drug-likeness (QED) is 0.746. The number of β-amino-alcohol motifs (C(OH)–C–C–N with tert-alkyl or cyclic N) is 1. The minimum absolute atomic E-state index is 0.216. The van der Waals surface area contributed by atoms with E-state index >= 15 is 0 Å². The minimum Gasteiger partial charge on any atom is -0.382 e. The zero-order valence-corrected chi connectivity index (χ0v) is 8.19. The van der Waals surface area contributed by atoms with E-state index in [9.17, 15) is 13.2 Å². The fourth-order valence-electron chi connectivity index (χ4n) is 1.79. The molecule has 2 nitrogen and oxygen atoms in total. The topological polar surface area (TPSA) is 32.3 Å². The van der Waals surface area contributed by atoms with Gasteiger partial charge >= 0.3 is 6.18 Å². The molecule has 0 spiro atoms. The molecule has 1 aliphatic rings. The SMILES string of the molecule is CC1(NCC(O)C(F)(F)F)CCCC1. The van der Waals surface area contributed by atoms with Crippen molar-refractivity contribution in [2.45, 2.75) is 50.4 Å². The van der Waals surface area contributed by atoms with Gasteiger partial charge in [0.05, 0.1) is 0 Å². The molecule has 1 fully saturated rings. The lowest BCUT2D eigenvalue weighted by molar-refractivity contribution is -0.202. The van der Waals surface area contributed by atoms with Crippen LogP contribution in [0.2, 0.25) is 0 Å². The van der Waals surface area contributed by atoms with Gasteiger partial charge in [-0.05, 0) is 19.8 Å². The summed E-state index contributed by atoms with van der Waals surface area (Å²) < 4.78 is 35.9. The van der Waals surface area contributed by atoms with E-state index < -0.39 is 18.8 Å². The molecule has 1 atom stereocenters. The average molecular weight is 211 g/mol. The molecule has 0 radical (unpaired) electrons. The molecule has 0 aromatic heterocycles. The van der Waals surface area contributed by atoms with Crippen LogP contribution in [0.3, 0.4) is 0 Å². The summed E-state index contributed by atoms with van der Waals surface area (Å²) in [4.78, 5) is 0. The molecule has 0 aliphatic heterocycles. The number of aliphatic hydroxyl groups is 1. The van der Waals surface area contributed by atoms with Crippen molar-refractivity contribution in [3.8, 4) is 0 Å². The second kappa shape index (κ2) is 4.06. The highest BCUT2D eigenvalue weighted by Gasteiger charge is 2.39. The molecular weight excluding hydrogens is 195 g/mol. The first-order chi connectivity index (χ1) is 6.33. The van der Waals surface area contributed by atoms with Crippen molar-refractivity contribution in [1.82, 2.24) is 5.32 Å². The van der Waals surface area contributed by atoms with E-state index in [1.54, 1.807) is 0 Å². The molecule has 1 aliphatic carbocycles. The molecule has 0 bridgehead atoms. The van der Waals surface area contributed by atoms with Gasteiger partial charge in [-0.15, -0.1) is 0 Å². The molecule has 0 aromatic carbocycles. The van der Waals surface area contributed by atoms with Crippen molar-refractivity contribution < 1.29 is 18.3 Å². The van der Waals surface area contributed by atoms with Crippen LogP contribution in [0.1, 0.15) is 32.6 Å². The van der Waals surface area contributed by atoms with E-state index in [4.69, 9.17) is 5.11 Å². The van der Waals surface area contributed by atoms with Gasteiger partial charge in [0.25, 0.3) is 0 Å². The van der Waals surface area contributed by atoms with Crippen molar-refractivity contribution in [2.24, 2.45) is 0 Å². The number of rotatable bonds is 3. The maximum atomic E-state index is 12.0. The number of hydrogen-bond donors (Lipinski definition) is 2. The van der Waals surface area contributed by atoms with Gasteiger partial charge in [-0.1, -0.05) is 12.8 Å². The third-order valence-electron chi connectivity index (χ3n) is 2.81. The van der Waals surface area contributed by atoms with Crippen molar-refractivity contribution in [3.63, 3.8) is 0 Å². The third kappa shape index (κ3) is 3.13. The lowest BCUT2D eigenvalue weighted by Gasteiger charge is -2.27. The normalized spacial score (nSPS) is 23.8. The summed E-state index contributed by atoms with van der Waals surface area (Å²) in [6, 6.07) is 0. The Kier molecular flexibility index (Phi) is 3.42. The molecule has 0 saturated heterocycles. The summed E-state index contributed by atoms with van der Waals surface area (Å²) in [7, 11) is 0. The van der Waals surface area contributed by atoms with Crippen LogP contribution >= 0.6 is 0 Å². The second-order valence-electron chi connectivity index (χ2n) is 4.21. The smallest absolute Gasteiger partial charge is 0.382 e. The minimum atomic E-state index is -4.51. The Morgan fingerprint density at radius 1 is 1.36 bits per heavy atom. The highest BCUT2D eigenvalue weighted by molar-refractivity contribution is 4.89. The Bertz CT molecular complexity index is 187. The van der Waals surface area contributed by atoms with E-state index in [1.807, 2.05) is 6.92 Å². The summed E-state index contributed by atoms with van der Waals surface area (Å²) in [5, 5.41) is 11.6. The summed E-state index contributed by atoms with van der Waals surface area (Å²) in [6.07, 6.45) is -2.89. The molecule has 0 aromatic rings. The van der Waals surface area contributed by atoms with Crippen molar-refractivity contribution >= 4 is 0 Å². The Hall–Kier alpha value is -0.290. The van der Waals surface area contributed by atoms with Crippen LogP contribution in [0, 0.1) is 0 Å². The van der Waals surface area contributed by atoms with E-state index in [1.165, 1.54) is 0 Å². The van der Waals surface area contributed by atoms with E-state index in [0.29, 0.717) is 0 Å². The molecule has 1 rings (SSSR count). The summed E-state index contributed by atoms with van der Waals surface area (Å²) in [5.74, 6) is 0. The van der Waals surface area contributed by atoms with Crippen LogP contribution in [-0.4, -0.2) is 29.5 Å². The fourth-order valence-corrected chi connectivity index (χ4v) is 1.79. The summed E-state index contributed by atoms with van der Waals surface area (Å²) in [6.45, 7) is 1.50. The lowest BCUT2D eigenvalue weighted by atomic mass is 10.0. The van der Waals surface area contributed by atoms with Crippen LogP contribution in [0.15, 0.2) is 0 Å². The number of aliphatic hydroxyl groups excluding tert-OH is 1. The maximum Gasteiger partial charge on any atom is 0.415 e. The first kappa shape index (κ1) is 11.8. The maximum absolute atomic E-state index is 12.0. The van der Waals surface area contributed by atoms with Gasteiger partial charge in [0, 0.05) is 12.1 Å². The van der Waals surface area contributed by atoms with E-state index in [2.05, 4.69) is 5.32 Å². The van der Waals surface area contributed by atoms with E-state index in [-0.39, 0.29) is 5.54 Å². The van der Waals surface area contributed by atoms with Gasteiger partial charge in [0.15, 0.2) is 6.10 Å². The van der Waals surface area contributed by atoms with Crippen LogP contribution in [0.5, 0.6) is 0 Å². The Morgan fingerprint density at radius 3 is 2.29 bits per heavy atom. The highest BCUT2D eigenvalue weighted by Crippen LogP contribution is 2.29. The molecule has 0 heterocycles. The predicted octanol–water partition coefficient (Wildman–Crippen LogP) is 1.83. The van der Waals surface area contributed by atoms with E-state index in [0.717, 1.165) is 25.7 Å².